The Labute approximate surface area is 153 Å². The van der Waals surface area contributed by atoms with Crippen molar-refractivity contribution in [2.24, 2.45) is 0 Å². The molecule has 0 saturated carbocycles. The SMILES string of the molecule is O=C(N/C(=C\c1ccco1)C(=O)N1CCOCC1)c1ccc(Br)cc1. The summed E-state index contributed by atoms with van der Waals surface area (Å²) in [7, 11) is 0. The van der Waals surface area contributed by atoms with Gasteiger partial charge in [0.05, 0.1) is 19.5 Å². The van der Waals surface area contributed by atoms with Gasteiger partial charge in [0.2, 0.25) is 0 Å². The molecular formula is C18H17BrN2O4. The molecule has 2 amide bonds. The zero-order chi connectivity index (χ0) is 17.6. The van der Waals surface area contributed by atoms with Crippen molar-refractivity contribution in [2.45, 2.75) is 0 Å². The van der Waals surface area contributed by atoms with Crippen LogP contribution < -0.4 is 5.32 Å². The Balaban J connectivity index is 1.82. The smallest absolute Gasteiger partial charge is 0.270 e. The number of morpholine rings is 1. The Kier molecular flexibility index (Phi) is 5.67. The summed E-state index contributed by atoms with van der Waals surface area (Å²) < 4.78 is 11.4. The zero-order valence-electron chi connectivity index (χ0n) is 13.4. The number of hydrogen-bond donors (Lipinski definition) is 1. The molecule has 25 heavy (non-hydrogen) atoms. The molecule has 6 nitrogen and oxygen atoms in total. The molecule has 0 aliphatic carbocycles. The molecule has 7 heteroatoms. The van der Waals surface area contributed by atoms with Crippen molar-refractivity contribution in [3.63, 3.8) is 0 Å². The van der Waals surface area contributed by atoms with Crippen molar-refractivity contribution in [1.82, 2.24) is 10.2 Å². The maximum atomic E-state index is 12.8. The van der Waals surface area contributed by atoms with Crippen LogP contribution in [0.3, 0.4) is 0 Å². The number of hydrogen-bond acceptors (Lipinski definition) is 4. The van der Waals surface area contributed by atoms with E-state index in [0.29, 0.717) is 37.6 Å². The minimum atomic E-state index is -0.355. The molecule has 0 spiro atoms. The molecule has 2 aromatic rings. The van der Waals surface area contributed by atoms with Gasteiger partial charge in [-0.25, -0.2) is 0 Å². The number of nitrogens with one attached hydrogen (secondary N) is 1. The van der Waals surface area contributed by atoms with Gasteiger partial charge >= 0.3 is 0 Å². The fourth-order valence-corrected chi connectivity index (χ4v) is 2.66. The number of furan rings is 1. The zero-order valence-corrected chi connectivity index (χ0v) is 15.0. The van der Waals surface area contributed by atoms with Gasteiger partial charge in [-0.15, -0.1) is 0 Å². The third-order valence-electron chi connectivity index (χ3n) is 3.71. The lowest BCUT2D eigenvalue weighted by molar-refractivity contribution is -0.131. The summed E-state index contributed by atoms with van der Waals surface area (Å²) in [5.74, 6) is -0.121. The molecule has 1 aromatic heterocycles. The summed E-state index contributed by atoms with van der Waals surface area (Å²) in [6.45, 7) is 1.95. The number of nitrogens with zero attached hydrogens (tertiary/aromatic N) is 1. The van der Waals surface area contributed by atoms with Crippen LogP contribution in [0.25, 0.3) is 6.08 Å². The number of ether oxygens (including phenoxy) is 1. The summed E-state index contributed by atoms with van der Waals surface area (Å²) in [6, 6.07) is 10.4. The Morgan fingerprint density at radius 1 is 1.12 bits per heavy atom. The lowest BCUT2D eigenvalue weighted by atomic mass is 10.2. The molecule has 1 aromatic carbocycles. The minimum Gasteiger partial charge on any atom is -0.465 e. The predicted molar refractivity (Wildman–Crippen MR) is 95.7 cm³/mol. The van der Waals surface area contributed by atoms with E-state index in [2.05, 4.69) is 21.2 Å². The van der Waals surface area contributed by atoms with Gasteiger partial charge in [-0.1, -0.05) is 15.9 Å². The van der Waals surface area contributed by atoms with E-state index in [-0.39, 0.29) is 17.5 Å². The third-order valence-corrected chi connectivity index (χ3v) is 4.24. The van der Waals surface area contributed by atoms with Crippen molar-refractivity contribution >= 4 is 33.8 Å². The van der Waals surface area contributed by atoms with Gasteiger partial charge in [0, 0.05) is 29.2 Å². The molecule has 1 fully saturated rings. The molecular weight excluding hydrogens is 388 g/mol. The Morgan fingerprint density at radius 3 is 2.48 bits per heavy atom. The fraction of sp³-hybridized carbons (Fsp3) is 0.222. The molecule has 0 bridgehead atoms. The molecule has 3 rings (SSSR count). The highest BCUT2D eigenvalue weighted by atomic mass is 79.9. The first kappa shape index (κ1) is 17.4. The van der Waals surface area contributed by atoms with E-state index in [4.69, 9.17) is 9.15 Å². The van der Waals surface area contributed by atoms with Gasteiger partial charge in [0.1, 0.15) is 11.5 Å². The highest BCUT2D eigenvalue weighted by Crippen LogP contribution is 2.13. The second kappa shape index (κ2) is 8.13. The van der Waals surface area contributed by atoms with Gasteiger partial charge < -0.3 is 19.4 Å². The van der Waals surface area contributed by atoms with E-state index in [1.807, 2.05) is 0 Å². The maximum Gasteiger partial charge on any atom is 0.270 e. The Morgan fingerprint density at radius 2 is 1.84 bits per heavy atom. The van der Waals surface area contributed by atoms with Crippen molar-refractivity contribution in [1.29, 1.82) is 0 Å². The van der Waals surface area contributed by atoms with Crippen molar-refractivity contribution in [2.75, 3.05) is 26.3 Å². The summed E-state index contributed by atoms with van der Waals surface area (Å²) in [4.78, 5) is 26.9. The van der Waals surface area contributed by atoms with Crippen LogP contribution >= 0.6 is 15.9 Å². The van der Waals surface area contributed by atoms with Crippen LogP contribution in [-0.4, -0.2) is 43.0 Å². The quantitative estimate of drug-likeness (QED) is 0.795. The van der Waals surface area contributed by atoms with E-state index in [1.165, 1.54) is 12.3 Å². The summed E-state index contributed by atoms with van der Waals surface area (Å²) in [5, 5.41) is 2.70. The highest BCUT2D eigenvalue weighted by Gasteiger charge is 2.23. The number of amides is 2. The number of halogens is 1. The third kappa shape index (κ3) is 4.58. The van der Waals surface area contributed by atoms with Crippen LogP contribution in [-0.2, 0) is 9.53 Å². The highest BCUT2D eigenvalue weighted by molar-refractivity contribution is 9.10. The van der Waals surface area contributed by atoms with Gasteiger partial charge in [-0.05, 0) is 36.4 Å². The standard InChI is InChI=1S/C18H17BrN2O4/c19-14-5-3-13(4-6-14)17(22)20-16(12-15-2-1-9-25-15)18(23)21-7-10-24-11-8-21/h1-6,9,12H,7-8,10-11H2,(H,20,22)/b16-12-. The van der Waals surface area contributed by atoms with Gasteiger partial charge in [0.25, 0.3) is 11.8 Å². The minimum absolute atomic E-state index is 0.171. The first-order valence-corrected chi connectivity index (χ1v) is 8.62. The maximum absolute atomic E-state index is 12.8. The predicted octanol–water partition coefficient (Wildman–Crippen LogP) is 2.67. The van der Waals surface area contributed by atoms with Crippen LogP contribution in [0.4, 0.5) is 0 Å². The van der Waals surface area contributed by atoms with Crippen LogP contribution in [0.1, 0.15) is 16.1 Å². The molecule has 0 atom stereocenters. The monoisotopic (exact) mass is 404 g/mol. The molecule has 1 aliphatic heterocycles. The van der Waals surface area contributed by atoms with E-state index >= 15 is 0 Å². The van der Waals surface area contributed by atoms with Gasteiger partial charge in [-0.2, -0.15) is 0 Å². The number of benzene rings is 1. The lowest BCUT2D eigenvalue weighted by Gasteiger charge is -2.27. The molecule has 0 unspecified atom stereocenters. The van der Waals surface area contributed by atoms with Crippen LogP contribution in [0.5, 0.6) is 0 Å². The first-order chi connectivity index (χ1) is 12.1. The topological polar surface area (TPSA) is 71.8 Å². The fourth-order valence-electron chi connectivity index (χ4n) is 2.40. The second-order valence-corrected chi connectivity index (χ2v) is 6.35. The number of rotatable bonds is 4. The molecule has 0 radical (unpaired) electrons. The second-order valence-electron chi connectivity index (χ2n) is 5.44. The van der Waals surface area contributed by atoms with Crippen molar-refractivity contribution in [3.8, 4) is 0 Å². The van der Waals surface area contributed by atoms with Crippen LogP contribution in [0.2, 0.25) is 0 Å². The average molecular weight is 405 g/mol. The van der Waals surface area contributed by atoms with Gasteiger partial charge in [0.15, 0.2) is 0 Å². The largest absolute Gasteiger partial charge is 0.465 e. The molecule has 1 N–H and O–H groups in total. The molecule has 1 aliphatic rings. The average Bonchev–Trinajstić information content (AvgIpc) is 3.15. The summed E-state index contributed by atoms with van der Waals surface area (Å²) in [5.41, 5.74) is 0.632. The Bertz CT molecular complexity index is 763. The molecule has 130 valence electrons. The number of carbonyl (C=O) groups excluding carboxylic acids is 2. The molecule has 1 saturated heterocycles. The van der Waals surface area contributed by atoms with E-state index in [9.17, 15) is 9.59 Å². The van der Waals surface area contributed by atoms with Gasteiger partial charge in [-0.3, -0.25) is 9.59 Å². The normalized spacial score (nSPS) is 15.1. The lowest BCUT2D eigenvalue weighted by Crippen LogP contribution is -2.44. The van der Waals surface area contributed by atoms with E-state index in [0.717, 1.165) is 4.47 Å². The van der Waals surface area contributed by atoms with E-state index in [1.54, 1.807) is 41.3 Å². The van der Waals surface area contributed by atoms with E-state index < -0.39 is 0 Å². The van der Waals surface area contributed by atoms with Crippen molar-refractivity contribution in [3.05, 3.63) is 64.2 Å². The Hall–Kier alpha value is -2.38. The first-order valence-electron chi connectivity index (χ1n) is 7.82. The summed E-state index contributed by atoms with van der Waals surface area (Å²) in [6.07, 6.45) is 3.05. The van der Waals surface area contributed by atoms with Crippen LogP contribution in [0.15, 0.2) is 57.2 Å². The number of carbonyl (C=O) groups is 2. The van der Waals surface area contributed by atoms with Crippen molar-refractivity contribution < 1.29 is 18.7 Å². The molecule has 2 heterocycles. The van der Waals surface area contributed by atoms with Crippen LogP contribution in [0, 0.1) is 0 Å². The summed E-state index contributed by atoms with van der Waals surface area (Å²) >= 11 is 3.33.